The van der Waals surface area contributed by atoms with E-state index in [-0.39, 0.29) is 0 Å². The molecule has 1 rings (SSSR count). The van der Waals surface area contributed by atoms with Gasteiger partial charge >= 0.3 is 5.97 Å². The van der Waals surface area contributed by atoms with Crippen LogP contribution in [0.1, 0.15) is 20.8 Å². The van der Waals surface area contributed by atoms with Crippen molar-refractivity contribution in [3.63, 3.8) is 0 Å². The van der Waals surface area contributed by atoms with E-state index in [4.69, 9.17) is 6.48 Å². The van der Waals surface area contributed by atoms with Gasteiger partial charge in [0.15, 0.2) is 0 Å². The van der Waals surface area contributed by atoms with Gasteiger partial charge in [-0.2, -0.15) is 0 Å². The highest BCUT2D eigenvalue weighted by molar-refractivity contribution is 7.88. The summed E-state index contributed by atoms with van der Waals surface area (Å²) in [6.45, 7) is 3.20. The van der Waals surface area contributed by atoms with E-state index in [1.807, 2.05) is 0 Å². The Morgan fingerprint density at radius 3 is 2.39 bits per heavy atom. The molecule has 6 heteroatoms. The van der Waals surface area contributed by atoms with Crippen LogP contribution in [0.3, 0.4) is 0 Å². The predicted octanol–water partition coefficient (Wildman–Crippen LogP) is 1.22. The van der Waals surface area contributed by atoms with Gasteiger partial charge in [-0.25, -0.2) is 13.1 Å². The first kappa shape index (κ1) is 13.0. The van der Waals surface area contributed by atoms with Gasteiger partial charge < -0.3 is 5.11 Å². The summed E-state index contributed by atoms with van der Waals surface area (Å²) in [4.78, 5) is 11.0. The maximum atomic E-state index is 12.0. The first-order valence-electron chi connectivity index (χ1n) is 6.04. The minimum absolute atomic E-state index is 0.294. The van der Waals surface area contributed by atoms with Crippen molar-refractivity contribution in [1.29, 1.82) is 0 Å². The molecule has 5 nitrogen and oxygen atoms in total. The molecular formula is C12H17NO4S. The topological polar surface area (TPSA) is 83.5 Å². The van der Waals surface area contributed by atoms with Crippen LogP contribution in [-0.2, 0) is 20.5 Å². The minimum atomic E-state index is -4.07. The number of hydrogen-bond acceptors (Lipinski definition) is 3. The Morgan fingerprint density at radius 1 is 1.39 bits per heavy atom. The van der Waals surface area contributed by atoms with Crippen molar-refractivity contribution < 1.29 is 19.7 Å². The van der Waals surface area contributed by atoms with E-state index < -0.39 is 33.7 Å². The van der Waals surface area contributed by atoms with Crippen LogP contribution in [0.15, 0.2) is 30.3 Å². The summed E-state index contributed by atoms with van der Waals surface area (Å²) < 4.78 is 33.8. The lowest BCUT2D eigenvalue weighted by Crippen LogP contribution is -2.44. The lowest BCUT2D eigenvalue weighted by Gasteiger charge is -2.17. The Bertz CT molecular complexity index is 530. The van der Waals surface area contributed by atoms with Gasteiger partial charge in [-0.05, 0) is 11.5 Å². The molecule has 18 heavy (non-hydrogen) atoms. The molecule has 0 aliphatic heterocycles. The number of sulfonamides is 1. The van der Waals surface area contributed by atoms with E-state index in [1.165, 1.54) is 12.1 Å². The van der Waals surface area contributed by atoms with Crippen LogP contribution in [0, 0.1) is 5.92 Å². The van der Waals surface area contributed by atoms with Gasteiger partial charge in [-0.3, -0.25) is 4.79 Å². The van der Waals surface area contributed by atoms with E-state index in [9.17, 15) is 13.2 Å². The Morgan fingerprint density at radius 2 is 1.94 bits per heavy atom. The van der Waals surface area contributed by atoms with Crippen LogP contribution < -0.4 is 4.72 Å². The molecule has 2 N–H and O–H groups in total. The number of carboxylic acid groups (broad SMARTS) is 1. The summed E-state index contributed by atoms with van der Waals surface area (Å²) in [7, 11) is -4.07. The number of benzene rings is 1. The molecule has 0 aliphatic rings. The molecule has 1 aromatic carbocycles. The van der Waals surface area contributed by atoms with E-state index in [2.05, 4.69) is 4.72 Å². The Labute approximate surface area is 108 Å². The monoisotopic (exact) mass is 272 g/mol. The van der Waals surface area contributed by atoms with Gasteiger partial charge in [0.2, 0.25) is 10.0 Å². The van der Waals surface area contributed by atoms with E-state index in [1.54, 1.807) is 32.0 Å². The lowest BCUT2D eigenvalue weighted by atomic mass is 10.1. The standard InChI is InChI=1S/C12H17NO4S/c1-9(2)11(12(14)15)13-18(16,17)8-10-6-4-3-5-7-10/h3-7,9,11,13H,8H2,1-2H3,(H,14,15)/t11-/m0/s1/i8D/t8?,11-. The number of nitrogens with one attached hydrogen (secondary N) is 1. The first-order chi connectivity index (χ1) is 8.75. The van der Waals surface area contributed by atoms with Crippen LogP contribution in [-0.4, -0.2) is 25.5 Å². The van der Waals surface area contributed by atoms with Gasteiger partial charge in [0.05, 0.1) is 5.73 Å². The highest BCUT2D eigenvalue weighted by atomic mass is 32.2. The molecule has 0 saturated heterocycles. The van der Waals surface area contributed by atoms with Gasteiger partial charge in [0.1, 0.15) is 6.04 Å². The number of rotatable bonds is 6. The van der Waals surface area contributed by atoms with E-state index >= 15 is 0 Å². The fourth-order valence-corrected chi connectivity index (χ4v) is 2.70. The van der Waals surface area contributed by atoms with Gasteiger partial charge in [0.25, 0.3) is 0 Å². The highest BCUT2D eigenvalue weighted by Gasteiger charge is 2.26. The van der Waals surface area contributed by atoms with Crippen molar-refractivity contribution in [2.75, 3.05) is 0 Å². The molecule has 0 heterocycles. The fourth-order valence-electron chi connectivity index (χ4n) is 1.39. The molecule has 1 aromatic rings. The van der Waals surface area contributed by atoms with E-state index in [0.717, 1.165) is 0 Å². The Balaban J connectivity index is 2.95. The average molecular weight is 272 g/mol. The van der Waals surface area contributed by atoms with Crippen LogP contribution >= 0.6 is 0 Å². The third-order valence-electron chi connectivity index (χ3n) is 2.31. The van der Waals surface area contributed by atoms with Crippen LogP contribution in [0.2, 0.25) is 0 Å². The van der Waals surface area contributed by atoms with Gasteiger partial charge in [0, 0.05) is 1.37 Å². The quantitative estimate of drug-likeness (QED) is 0.815. The molecule has 2 atom stereocenters. The SMILES string of the molecule is [2H]C(c1ccccc1)S(=O)(=O)N[C@H](C(=O)O)C(C)C. The van der Waals surface area contributed by atoms with Crippen molar-refractivity contribution >= 4 is 16.0 Å². The predicted molar refractivity (Wildman–Crippen MR) is 68.5 cm³/mol. The summed E-state index contributed by atoms with van der Waals surface area (Å²) in [6.07, 6.45) is 0. The molecule has 0 saturated carbocycles. The normalized spacial score (nSPS) is 16.1. The van der Waals surface area contributed by atoms with Crippen LogP contribution in [0.5, 0.6) is 0 Å². The van der Waals surface area contributed by atoms with Crippen LogP contribution in [0.25, 0.3) is 0 Å². The maximum absolute atomic E-state index is 12.0. The zero-order valence-electron chi connectivity index (χ0n) is 11.2. The maximum Gasteiger partial charge on any atom is 0.321 e. The molecule has 0 radical (unpaired) electrons. The van der Waals surface area contributed by atoms with Crippen molar-refractivity contribution in [1.82, 2.24) is 4.72 Å². The number of carboxylic acids is 1. The summed E-state index contributed by atoms with van der Waals surface area (Å²) >= 11 is 0. The zero-order chi connectivity index (χ0) is 14.6. The summed E-state index contributed by atoms with van der Waals surface area (Å²) in [6, 6.07) is 6.77. The van der Waals surface area contributed by atoms with E-state index in [0.29, 0.717) is 5.56 Å². The number of hydrogen-bond donors (Lipinski definition) is 2. The van der Waals surface area contributed by atoms with Gasteiger partial charge in [-0.1, -0.05) is 44.2 Å². The third-order valence-corrected chi connectivity index (χ3v) is 3.48. The molecule has 0 aliphatic carbocycles. The Hall–Kier alpha value is -1.40. The van der Waals surface area contributed by atoms with Crippen molar-refractivity contribution in [2.24, 2.45) is 5.92 Å². The lowest BCUT2D eigenvalue weighted by molar-refractivity contribution is -0.140. The second-order valence-corrected chi connectivity index (χ2v) is 5.81. The largest absolute Gasteiger partial charge is 0.480 e. The zero-order valence-corrected chi connectivity index (χ0v) is 11.0. The second kappa shape index (κ2) is 5.97. The summed E-state index contributed by atoms with van der Waals surface area (Å²) in [5.74, 6) is -1.66. The van der Waals surface area contributed by atoms with Gasteiger partial charge in [-0.15, -0.1) is 0 Å². The fraction of sp³-hybridized carbons (Fsp3) is 0.417. The van der Waals surface area contributed by atoms with Crippen molar-refractivity contribution in [3.05, 3.63) is 35.9 Å². The smallest absolute Gasteiger partial charge is 0.321 e. The second-order valence-electron chi connectivity index (χ2n) is 4.25. The average Bonchev–Trinajstić information content (AvgIpc) is 2.35. The van der Waals surface area contributed by atoms with Crippen molar-refractivity contribution in [2.45, 2.75) is 25.6 Å². The number of aliphatic carboxylic acids is 1. The number of carbonyl (C=O) groups is 1. The Kier molecular flexibility index (Phi) is 4.33. The van der Waals surface area contributed by atoms with Crippen molar-refractivity contribution in [3.8, 4) is 0 Å². The molecule has 1 unspecified atom stereocenters. The molecule has 100 valence electrons. The summed E-state index contributed by atoms with van der Waals surface area (Å²) in [5.41, 5.74) is -1.25. The first-order valence-corrected chi connectivity index (χ1v) is 7.01. The molecule has 0 amide bonds. The highest BCUT2D eigenvalue weighted by Crippen LogP contribution is 2.08. The minimum Gasteiger partial charge on any atom is -0.480 e. The molecule has 0 bridgehead atoms. The molecule has 0 spiro atoms. The molecular weight excluding hydrogens is 254 g/mol. The molecule has 0 fully saturated rings. The molecule has 0 aromatic heterocycles. The van der Waals surface area contributed by atoms with Crippen LogP contribution in [0.4, 0.5) is 0 Å². The summed E-state index contributed by atoms with van der Waals surface area (Å²) in [5, 5.41) is 8.97. The third kappa shape index (κ3) is 4.46.